The summed E-state index contributed by atoms with van der Waals surface area (Å²) in [5, 5.41) is 21.7. The van der Waals surface area contributed by atoms with E-state index in [1.54, 1.807) is 41.5 Å². The molecule has 0 aliphatic carbocycles. The van der Waals surface area contributed by atoms with Crippen molar-refractivity contribution in [3.05, 3.63) is 84.3 Å². The molecule has 4 aromatic rings. The summed E-state index contributed by atoms with van der Waals surface area (Å²) in [5.41, 5.74) is 1.83. The first-order valence-corrected chi connectivity index (χ1v) is 9.74. The van der Waals surface area contributed by atoms with Crippen LogP contribution in [0.5, 0.6) is 5.75 Å². The number of anilines is 1. The second-order valence-electron chi connectivity index (χ2n) is 6.31. The Bertz CT molecular complexity index is 1060. The minimum absolute atomic E-state index is 0.179. The Labute approximate surface area is 171 Å². The average Bonchev–Trinajstić information content (AvgIpc) is 3.42. The molecule has 2 aromatic carbocycles. The van der Waals surface area contributed by atoms with Crippen molar-refractivity contribution >= 4 is 22.5 Å². The largest absolute Gasteiger partial charge is 0.508 e. The van der Waals surface area contributed by atoms with E-state index in [4.69, 9.17) is 4.42 Å². The van der Waals surface area contributed by atoms with Gasteiger partial charge in [0.15, 0.2) is 0 Å². The molecule has 7 nitrogen and oxygen atoms in total. The zero-order chi connectivity index (χ0) is 20.1. The first kappa shape index (κ1) is 18.7. The smallest absolute Gasteiger partial charge is 0.324 e. The van der Waals surface area contributed by atoms with E-state index in [1.165, 1.54) is 11.3 Å². The maximum atomic E-state index is 12.9. The molecule has 146 valence electrons. The summed E-state index contributed by atoms with van der Waals surface area (Å²) >= 11 is 1.31. The van der Waals surface area contributed by atoms with Gasteiger partial charge in [-0.1, -0.05) is 53.8 Å². The number of phenols is 1. The molecular weight excluding hydrogens is 388 g/mol. The fraction of sp³-hybridized carbons (Fsp3) is 0.0952. The van der Waals surface area contributed by atoms with Gasteiger partial charge in [-0.2, -0.15) is 0 Å². The molecule has 0 atom stereocenters. The fourth-order valence-electron chi connectivity index (χ4n) is 2.75. The number of hydrogen-bond acceptors (Lipinski definition) is 6. The number of carbonyl (C=O) groups excluding carboxylic acids is 1. The Kier molecular flexibility index (Phi) is 5.53. The summed E-state index contributed by atoms with van der Waals surface area (Å²) in [5.74, 6) is 0.847. The summed E-state index contributed by atoms with van der Waals surface area (Å²) in [4.78, 5) is 14.5. The van der Waals surface area contributed by atoms with Crippen molar-refractivity contribution < 1.29 is 14.3 Å². The van der Waals surface area contributed by atoms with Crippen LogP contribution in [0, 0.1) is 0 Å². The Morgan fingerprint density at radius 3 is 2.52 bits per heavy atom. The third-order valence-corrected chi connectivity index (χ3v) is 5.07. The van der Waals surface area contributed by atoms with E-state index in [2.05, 4.69) is 15.5 Å². The molecule has 0 fully saturated rings. The quantitative estimate of drug-likeness (QED) is 0.483. The molecule has 4 rings (SSSR count). The lowest BCUT2D eigenvalue weighted by molar-refractivity contribution is 0.201. The summed E-state index contributed by atoms with van der Waals surface area (Å²) in [7, 11) is 0. The molecule has 2 heterocycles. The molecule has 0 radical (unpaired) electrons. The lowest BCUT2D eigenvalue weighted by atomic mass is 10.2. The number of furan rings is 1. The van der Waals surface area contributed by atoms with E-state index in [9.17, 15) is 9.90 Å². The highest BCUT2D eigenvalue weighted by Gasteiger charge is 2.18. The molecule has 0 saturated heterocycles. The molecule has 0 aliphatic heterocycles. The van der Waals surface area contributed by atoms with E-state index < -0.39 is 0 Å². The van der Waals surface area contributed by atoms with Gasteiger partial charge in [0.25, 0.3) is 0 Å². The Hall–Kier alpha value is -3.65. The first-order chi connectivity index (χ1) is 14.2. The van der Waals surface area contributed by atoms with Crippen molar-refractivity contribution in [2.75, 3.05) is 5.32 Å². The number of aromatic nitrogens is 2. The zero-order valence-electron chi connectivity index (χ0n) is 15.4. The zero-order valence-corrected chi connectivity index (χ0v) is 16.2. The molecule has 29 heavy (non-hydrogen) atoms. The number of amides is 2. The lowest BCUT2D eigenvalue weighted by Gasteiger charge is -2.21. The number of nitrogens with zero attached hydrogens (tertiary/aromatic N) is 3. The highest BCUT2D eigenvalue weighted by atomic mass is 32.1. The monoisotopic (exact) mass is 406 g/mol. The lowest BCUT2D eigenvalue weighted by Crippen LogP contribution is -2.33. The van der Waals surface area contributed by atoms with E-state index in [-0.39, 0.29) is 11.8 Å². The molecule has 8 heteroatoms. The maximum Gasteiger partial charge on any atom is 0.324 e. The maximum absolute atomic E-state index is 12.9. The van der Waals surface area contributed by atoms with Crippen LogP contribution in [0.2, 0.25) is 0 Å². The van der Waals surface area contributed by atoms with Gasteiger partial charge >= 0.3 is 6.03 Å². The molecule has 0 aliphatic rings. The summed E-state index contributed by atoms with van der Waals surface area (Å²) in [6, 6.07) is 19.7. The van der Waals surface area contributed by atoms with E-state index in [0.29, 0.717) is 24.0 Å². The minimum atomic E-state index is -0.315. The van der Waals surface area contributed by atoms with Gasteiger partial charge in [-0.15, -0.1) is 10.2 Å². The van der Waals surface area contributed by atoms with Crippen LogP contribution in [0.1, 0.15) is 11.3 Å². The third kappa shape index (κ3) is 4.80. The number of rotatable bonds is 6. The number of phenolic OH excluding ortho intramolecular Hbond substituents is 1. The fourth-order valence-corrected chi connectivity index (χ4v) is 3.49. The molecule has 0 saturated carbocycles. The van der Waals surface area contributed by atoms with Gasteiger partial charge in [-0.3, -0.25) is 5.32 Å². The van der Waals surface area contributed by atoms with Crippen LogP contribution in [0.15, 0.2) is 77.4 Å². The van der Waals surface area contributed by atoms with Gasteiger partial charge in [0, 0.05) is 12.1 Å². The SMILES string of the molecule is O=C(Nc1nnc(-c2ccccc2)s1)N(Cc1ccc(O)cc1)Cc1ccco1. The van der Waals surface area contributed by atoms with E-state index in [0.717, 1.165) is 16.1 Å². The number of nitrogens with one attached hydrogen (secondary N) is 1. The second-order valence-corrected chi connectivity index (χ2v) is 7.29. The number of benzene rings is 2. The van der Waals surface area contributed by atoms with E-state index in [1.807, 2.05) is 36.4 Å². The summed E-state index contributed by atoms with van der Waals surface area (Å²) < 4.78 is 5.40. The Morgan fingerprint density at radius 1 is 1.00 bits per heavy atom. The van der Waals surface area contributed by atoms with Crippen molar-refractivity contribution in [3.63, 3.8) is 0 Å². The molecule has 0 bridgehead atoms. The van der Waals surface area contributed by atoms with Crippen LogP contribution in [0.4, 0.5) is 9.93 Å². The van der Waals surface area contributed by atoms with Gasteiger partial charge in [0.2, 0.25) is 5.13 Å². The molecule has 2 amide bonds. The van der Waals surface area contributed by atoms with Crippen molar-refractivity contribution in [2.45, 2.75) is 13.1 Å². The van der Waals surface area contributed by atoms with Crippen molar-refractivity contribution in [1.29, 1.82) is 0 Å². The topological polar surface area (TPSA) is 91.5 Å². The molecule has 2 aromatic heterocycles. The summed E-state index contributed by atoms with van der Waals surface area (Å²) in [6.45, 7) is 0.640. The molecule has 0 unspecified atom stereocenters. The number of aromatic hydroxyl groups is 1. The Morgan fingerprint density at radius 2 is 1.79 bits per heavy atom. The molecular formula is C21H18N4O3S. The average molecular weight is 406 g/mol. The van der Waals surface area contributed by atoms with Crippen LogP contribution in [0.25, 0.3) is 10.6 Å². The molecule has 2 N–H and O–H groups in total. The van der Waals surface area contributed by atoms with Gasteiger partial charge in [0.05, 0.1) is 12.8 Å². The number of carbonyl (C=O) groups is 1. The normalized spacial score (nSPS) is 10.6. The van der Waals surface area contributed by atoms with Gasteiger partial charge in [-0.25, -0.2) is 4.79 Å². The van der Waals surface area contributed by atoms with Crippen LogP contribution < -0.4 is 5.32 Å². The number of hydrogen-bond donors (Lipinski definition) is 2. The third-order valence-electron chi connectivity index (χ3n) is 4.18. The standard InChI is InChI=1S/C21H18N4O3S/c26-17-10-8-15(9-11-17)13-25(14-18-7-4-12-28-18)21(27)22-20-24-23-19(29-20)16-5-2-1-3-6-16/h1-12,26H,13-14H2,(H,22,24,27). The van der Waals surface area contributed by atoms with Crippen LogP contribution in [-0.2, 0) is 13.1 Å². The van der Waals surface area contributed by atoms with Crippen molar-refractivity contribution in [3.8, 4) is 16.3 Å². The van der Waals surface area contributed by atoms with Crippen molar-refractivity contribution in [2.24, 2.45) is 0 Å². The van der Waals surface area contributed by atoms with Crippen molar-refractivity contribution in [1.82, 2.24) is 15.1 Å². The van der Waals surface area contributed by atoms with Crippen LogP contribution in [-0.4, -0.2) is 26.2 Å². The first-order valence-electron chi connectivity index (χ1n) is 8.92. The van der Waals surface area contributed by atoms with Gasteiger partial charge < -0.3 is 14.4 Å². The predicted molar refractivity (Wildman–Crippen MR) is 110 cm³/mol. The van der Waals surface area contributed by atoms with Crippen LogP contribution >= 0.6 is 11.3 Å². The van der Waals surface area contributed by atoms with Gasteiger partial charge in [0.1, 0.15) is 16.5 Å². The van der Waals surface area contributed by atoms with Crippen LogP contribution in [0.3, 0.4) is 0 Å². The highest BCUT2D eigenvalue weighted by Crippen LogP contribution is 2.26. The Balaban J connectivity index is 1.50. The number of urea groups is 1. The predicted octanol–water partition coefficient (Wildman–Crippen LogP) is 4.74. The second kappa shape index (κ2) is 8.57. The minimum Gasteiger partial charge on any atom is -0.508 e. The van der Waals surface area contributed by atoms with E-state index >= 15 is 0 Å². The van der Waals surface area contributed by atoms with Gasteiger partial charge in [-0.05, 0) is 29.8 Å². The summed E-state index contributed by atoms with van der Waals surface area (Å²) in [6.07, 6.45) is 1.57. The highest BCUT2D eigenvalue weighted by molar-refractivity contribution is 7.18. The molecule has 0 spiro atoms.